The number of carbonyl (C=O) groups excluding carboxylic acids is 2. The number of carbonyl (C=O) groups is 2. The van der Waals surface area contributed by atoms with Crippen LogP contribution in [0.5, 0.6) is 0 Å². The third-order valence-electron chi connectivity index (χ3n) is 4.78. The van der Waals surface area contributed by atoms with Crippen molar-refractivity contribution >= 4 is 11.6 Å². The van der Waals surface area contributed by atoms with E-state index in [9.17, 15) is 9.59 Å². The fourth-order valence-electron chi connectivity index (χ4n) is 3.10. The summed E-state index contributed by atoms with van der Waals surface area (Å²) in [4.78, 5) is 23.4. The molecule has 0 aromatic heterocycles. The highest BCUT2D eigenvalue weighted by Crippen LogP contribution is 2.12. The molecule has 0 saturated carbocycles. The minimum Gasteiger partial charge on any atom is -0.300 e. The highest BCUT2D eigenvalue weighted by atomic mass is 16.1. The van der Waals surface area contributed by atoms with Crippen molar-refractivity contribution in [2.24, 2.45) is 0 Å². The van der Waals surface area contributed by atoms with Crippen LogP contribution in [0.4, 0.5) is 0 Å². The van der Waals surface area contributed by atoms with Crippen molar-refractivity contribution in [3.8, 4) is 0 Å². The Kier molecular flexibility index (Phi) is 18.2. The van der Waals surface area contributed by atoms with Crippen LogP contribution in [-0.2, 0) is 9.59 Å². The van der Waals surface area contributed by atoms with Crippen LogP contribution < -0.4 is 0 Å². The van der Waals surface area contributed by atoms with Crippen molar-refractivity contribution in [2.45, 2.75) is 129 Å². The smallest absolute Gasteiger partial charge is 0.132 e. The largest absolute Gasteiger partial charge is 0.300 e. The van der Waals surface area contributed by atoms with Crippen LogP contribution >= 0.6 is 0 Å². The Morgan fingerprint density at radius 2 is 0.667 bits per heavy atom. The lowest BCUT2D eigenvalue weighted by Gasteiger charge is -2.03. The van der Waals surface area contributed by atoms with Gasteiger partial charge < -0.3 is 0 Å². The monoisotopic (exact) mass is 338 g/mol. The zero-order valence-electron chi connectivity index (χ0n) is 16.5. The highest BCUT2D eigenvalue weighted by molar-refractivity contribution is 5.78. The molecular formula is C22H42O2. The molecule has 0 rings (SSSR count). The van der Waals surface area contributed by atoms with Crippen molar-refractivity contribution in [3.63, 3.8) is 0 Å². The van der Waals surface area contributed by atoms with Gasteiger partial charge in [0.25, 0.3) is 0 Å². The maximum absolute atomic E-state index is 11.7. The fourth-order valence-corrected chi connectivity index (χ4v) is 3.10. The molecule has 0 N–H and O–H groups in total. The van der Waals surface area contributed by atoms with Crippen LogP contribution in [0.25, 0.3) is 0 Å². The van der Waals surface area contributed by atoms with Crippen LogP contribution in [0, 0.1) is 0 Å². The SMILES string of the molecule is CCCCCCC(=O)CCCCCCCCC(=O)CCCCCC. The van der Waals surface area contributed by atoms with Crippen LogP contribution in [0.3, 0.4) is 0 Å². The van der Waals surface area contributed by atoms with Crippen molar-refractivity contribution in [3.05, 3.63) is 0 Å². The van der Waals surface area contributed by atoms with E-state index in [2.05, 4.69) is 13.8 Å². The number of hydrogen-bond acceptors (Lipinski definition) is 2. The van der Waals surface area contributed by atoms with E-state index in [1.54, 1.807) is 0 Å². The van der Waals surface area contributed by atoms with Crippen LogP contribution in [0.1, 0.15) is 129 Å². The fraction of sp³-hybridized carbons (Fsp3) is 0.909. The molecule has 0 amide bonds. The van der Waals surface area contributed by atoms with Gasteiger partial charge in [0.05, 0.1) is 0 Å². The second-order valence-corrected chi connectivity index (χ2v) is 7.32. The average Bonchev–Trinajstić information content (AvgIpc) is 2.58. The lowest BCUT2D eigenvalue weighted by molar-refractivity contribution is -0.120. The van der Waals surface area contributed by atoms with Crippen molar-refractivity contribution < 1.29 is 9.59 Å². The summed E-state index contributed by atoms with van der Waals surface area (Å²) in [5.41, 5.74) is 0. The van der Waals surface area contributed by atoms with Gasteiger partial charge in [0.2, 0.25) is 0 Å². The normalized spacial score (nSPS) is 10.9. The Morgan fingerprint density at radius 3 is 0.958 bits per heavy atom. The summed E-state index contributed by atoms with van der Waals surface area (Å²) in [7, 11) is 0. The summed E-state index contributed by atoms with van der Waals surface area (Å²) in [6.07, 6.45) is 19.6. The molecule has 0 radical (unpaired) electrons. The minimum atomic E-state index is 0.458. The quantitative estimate of drug-likeness (QED) is 0.234. The first-order valence-corrected chi connectivity index (χ1v) is 10.7. The summed E-state index contributed by atoms with van der Waals surface area (Å²) in [6.45, 7) is 4.40. The number of ketones is 2. The molecule has 142 valence electrons. The first-order chi connectivity index (χ1) is 11.7. The highest BCUT2D eigenvalue weighted by Gasteiger charge is 2.03. The lowest BCUT2D eigenvalue weighted by atomic mass is 10.0. The summed E-state index contributed by atoms with van der Waals surface area (Å²) >= 11 is 0. The van der Waals surface area contributed by atoms with Crippen LogP contribution in [0.15, 0.2) is 0 Å². The number of unbranched alkanes of at least 4 members (excludes halogenated alkanes) is 11. The molecule has 0 aliphatic carbocycles. The zero-order valence-corrected chi connectivity index (χ0v) is 16.5. The van der Waals surface area contributed by atoms with E-state index in [1.165, 1.54) is 64.2 Å². The van der Waals surface area contributed by atoms with Crippen LogP contribution in [0.2, 0.25) is 0 Å². The minimum absolute atomic E-state index is 0.458. The van der Waals surface area contributed by atoms with Crippen molar-refractivity contribution in [1.29, 1.82) is 0 Å². The van der Waals surface area contributed by atoms with Crippen molar-refractivity contribution in [1.82, 2.24) is 0 Å². The predicted molar refractivity (Wildman–Crippen MR) is 104 cm³/mol. The summed E-state index contributed by atoms with van der Waals surface area (Å²) in [5.74, 6) is 0.916. The number of rotatable bonds is 19. The molecule has 0 unspecified atom stereocenters. The van der Waals surface area contributed by atoms with E-state index in [-0.39, 0.29) is 0 Å². The van der Waals surface area contributed by atoms with E-state index < -0.39 is 0 Å². The predicted octanol–water partition coefficient (Wildman–Crippen LogP) is 7.19. The van der Waals surface area contributed by atoms with E-state index in [4.69, 9.17) is 0 Å². The molecule has 0 saturated heterocycles. The lowest BCUT2D eigenvalue weighted by Crippen LogP contribution is -1.98. The number of hydrogen-bond donors (Lipinski definition) is 0. The van der Waals surface area contributed by atoms with Gasteiger partial charge in [-0.1, -0.05) is 78.1 Å². The summed E-state index contributed by atoms with van der Waals surface area (Å²) < 4.78 is 0. The van der Waals surface area contributed by atoms with Gasteiger partial charge >= 0.3 is 0 Å². The molecule has 2 nitrogen and oxygen atoms in total. The second-order valence-electron chi connectivity index (χ2n) is 7.32. The Hall–Kier alpha value is -0.660. The molecule has 0 aliphatic heterocycles. The maximum atomic E-state index is 11.7. The third-order valence-corrected chi connectivity index (χ3v) is 4.78. The molecule has 0 aliphatic rings. The third kappa shape index (κ3) is 17.7. The Bertz CT molecular complexity index is 266. The summed E-state index contributed by atoms with van der Waals surface area (Å²) in [5, 5.41) is 0. The van der Waals surface area contributed by atoms with Gasteiger partial charge in [0, 0.05) is 25.7 Å². The first-order valence-electron chi connectivity index (χ1n) is 10.7. The van der Waals surface area contributed by atoms with Gasteiger partial charge in [0.15, 0.2) is 0 Å². The molecule has 0 spiro atoms. The Labute approximate surface area is 151 Å². The van der Waals surface area contributed by atoms with Gasteiger partial charge in [-0.15, -0.1) is 0 Å². The van der Waals surface area contributed by atoms with E-state index in [0.29, 0.717) is 11.6 Å². The molecule has 0 aromatic rings. The van der Waals surface area contributed by atoms with Gasteiger partial charge in [-0.25, -0.2) is 0 Å². The van der Waals surface area contributed by atoms with Crippen LogP contribution in [-0.4, -0.2) is 11.6 Å². The zero-order chi connectivity index (χ0) is 17.9. The molecule has 0 fully saturated rings. The summed E-state index contributed by atoms with van der Waals surface area (Å²) in [6, 6.07) is 0. The van der Waals surface area contributed by atoms with Gasteiger partial charge in [-0.05, 0) is 25.7 Å². The van der Waals surface area contributed by atoms with E-state index in [1.807, 2.05) is 0 Å². The average molecular weight is 339 g/mol. The molecule has 0 atom stereocenters. The van der Waals surface area contributed by atoms with E-state index in [0.717, 1.165) is 51.4 Å². The van der Waals surface area contributed by atoms with Gasteiger partial charge in [-0.3, -0.25) is 9.59 Å². The van der Waals surface area contributed by atoms with Crippen molar-refractivity contribution in [2.75, 3.05) is 0 Å². The van der Waals surface area contributed by atoms with E-state index >= 15 is 0 Å². The number of Topliss-reactive ketones (excluding diaryl/α,β-unsaturated/α-hetero) is 2. The second kappa shape index (κ2) is 18.7. The molecule has 2 heteroatoms. The van der Waals surface area contributed by atoms with Gasteiger partial charge in [0.1, 0.15) is 11.6 Å². The molecule has 0 heterocycles. The molecule has 0 bridgehead atoms. The Balaban J connectivity index is 3.24. The Morgan fingerprint density at radius 1 is 0.417 bits per heavy atom. The molecule has 24 heavy (non-hydrogen) atoms. The molecular weight excluding hydrogens is 296 g/mol. The first kappa shape index (κ1) is 23.3. The maximum Gasteiger partial charge on any atom is 0.132 e. The molecule has 0 aromatic carbocycles. The topological polar surface area (TPSA) is 34.1 Å². The standard InChI is InChI=1S/C22H42O2/c1-3-5-7-13-17-21(23)19-15-11-9-10-12-16-20-22(24)18-14-8-6-4-2/h3-20H2,1-2H3. The van der Waals surface area contributed by atoms with Gasteiger partial charge in [-0.2, -0.15) is 0 Å².